The van der Waals surface area contributed by atoms with Crippen LogP contribution in [0.25, 0.3) is 6.08 Å². The zero-order valence-corrected chi connectivity index (χ0v) is 16.4. The van der Waals surface area contributed by atoms with Crippen LogP contribution in [0.5, 0.6) is 5.75 Å². The van der Waals surface area contributed by atoms with Crippen molar-refractivity contribution in [2.45, 2.75) is 25.6 Å². The number of carbonyl (C=O) groups excluding carboxylic acids is 1. The zero-order chi connectivity index (χ0) is 19.6. The van der Waals surface area contributed by atoms with E-state index in [0.717, 1.165) is 11.1 Å². The SMILES string of the molecule is CC(=O)[C@H]1[C@@H]2c3ccccc3O[C@]1(C)N=c1s/c(=C/c3cnn(C)c3)c(=O)n12. The Balaban J connectivity index is 1.82. The van der Waals surface area contributed by atoms with Gasteiger partial charge in [0, 0.05) is 24.4 Å². The minimum Gasteiger partial charge on any atom is -0.465 e. The third-order valence-corrected chi connectivity index (χ3v) is 6.32. The van der Waals surface area contributed by atoms with Crippen LogP contribution in [0.2, 0.25) is 0 Å². The first kappa shape index (κ1) is 17.1. The van der Waals surface area contributed by atoms with Crippen LogP contribution in [0.15, 0.2) is 46.4 Å². The number of hydrogen-bond acceptors (Lipinski definition) is 6. The fourth-order valence-corrected chi connectivity index (χ4v) is 5.32. The summed E-state index contributed by atoms with van der Waals surface area (Å²) in [5, 5.41) is 4.15. The van der Waals surface area contributed by atoms with E-state index in [-0.39, 0.29) is 11.3 Å². The fraction of sp³-hybridized carbons (Fsp3) is 0.300. The first-order valence-electron chi connectivity index (χ1n) is 8.97. The standard InChI is InChI=1S/C20H18N4O3S/c1-11(25)16-17-13-6-4-5-7-14(13)27-20(16,2)22-19-24(17)18(26)15(28-19)8-12-9-21-23(3)10-12/h4-10,16-17H,1-3H3/b15-8+/t16-,17-,20-/m0/s1. The number of benzene rings is 1. The molecule has 0 spiro atoms. The molecule has 0 saturated carbocycles. The maximum atomic E-state index is 13.3. The molecule has 0 fully saturated rings. The summed E-state index contributed by atoms with van der Waals surface area (Å²) < 4.78 is 10.1. The first-order chi connectivity index (χ1) is 13.4. The summed E-state index contributed by atoms with van der Waals surface area (Å²) >= 11 is 1.31. The van der Waals surface area contributed by atoms with E-state index in [1.165, 1.54) is 18.3 Å². The Hall–Kier alpha value is -3.00. The Morgan fingerprint density at radius 3 is 2.86 bits per heavy atom. The molecular weight excluding hydrogens is 376 g/mol. The fourth-order valence-electron chi connectivity index (χ4n) is 4.22. The van der Waals surface area contributed by atoms with E-state index in [2.05, 4.69) is 5.10 Å². The van der Waals surface area contributed by atoms with Crippen LogP contribution >= 0.6 is 11.3 Å². The maximum absolute atomic E-state index is 13.3. The van der Waals surface area contributed by atoms with Crippen LogP contribution in [0.3, 0.4) is 0 Å². The second-order valence-corrected chi connectivity index (χ2v) is 8.36. The van der Waals surface area contributed by atoms with Crippen molar-refractivity contribution in [1.82, 2.24) is 14.3 Å². The van der Waals surface area contributed by atoms with Gasteiger partial charge in [0.25, 0.3) is 5.56 Å². The summed E-state index contributed by atoms with van der Waals surface area (Å²) in [6.45, 7) is 3.36. The van der Waals surface area contributed by atoms with Gasteiger partial charge in [-0.2, -0.15) is 5.10 Å². The van der Waals surface area contributed by atoms with Crippen molar-refractivity contribution in [3.05, 3.63) is 67.5 Å². The summed E-state index contributed by atoms with van der Waals surface area (Å²) in [5.74, 6) is 0.0542. The number of rotatable bonds is 2. The Morgan fingerprint density at radius 2 is 2.14 bits per heavy atom. The number of ketones is 1. The molecule has 0 N–H and O–H groups in total. The van der Waals surface area contributed by atoms with Crippen molar-refractivity contribution < 1.29 is 9.53 Å². The summed E-state index contributed by atoms with van der Waals surface area (Å²) in [5.41, 5.74) is 0.493. The van der Waals surface area contributed by atoms with Crippen LogP contribution in [0.1, 0.15) is 31.0 Å². The number of thiazole rings is 1. The number of para-hydroxylation sites is 1. The van der Waals surface area contributed by atoms with E-state index < -0.39 is 17.7 Å². The summed E-state index contributed by atoms with van der Waals surface area (Å²) in [4.78, 5) is 31.2. The molecule has 2 aliphatic rings. The number of Topliss-reactive ketones (excluding diaryl/α,β-unsaturated/α-hetero) is 1. The number of carbonyl (C=O) groups is 1. The normalized spacial score (nSPS) is 25.5. The molecule has 3 atom stereocenters. The summed E-state index contributed by atoms with van der Waals surface area (Å²) in [6.07, 6.45) is 5.36. The average Bonchev–Trinajstić information content (AvgIpc) is 3.16. The second-order valence-electron chi connectivity index (χ2n) is 7.36. The molecule has 0 amide bonds. The van der Waals surface area contributed by atoms with E-state index >= 15 is 0 Å². The van der Waals surface area contributed by atoms with Gasteiger partial charge in [0.05, 0.1) is 16.8 Å². The van der Waals surface area contributed by atoms with Crippen molar-refractivity contribution in [2.24, 2.45) is 18.0 Å². The highest BCUT2D eigenvalue weighted by Crippen LogP contribution is 2.47. The smallest absolute Gasteiger partial charge is 0.270 e. The molecule has 0 aliphatic carbocycles. The lowest BCUT2D eigenvalue weighted by atomic mass is 9.79. The van der Waals surface area contributed by atoms with Gasteiger partial charge in [0.15, 0.2) is 4.80 Å². The summed E-state index contributed by atoms with van der Waals surface area (Å²) in [6, 6.07) is 7.12. The van der Waals surface area contributed by atoms with Gasteiger partial charge in [-0.25, -0.2) is 4.99 Å². The van der Waals surface area contributed by atoms with Gasteiger partial charge in [-0.1, -0.05) is 29.5 Å². The Morgan fingerprint density at radius 1 is 1.36 bits per heavy atom. The average molecular weight is 394 g/mol. The molecular formula is C20H18N4O3S. The number of fused-ring (bicyclic) bond motifs is 6. The van der Waals surface area contributed by atoms with E-state index in [4.69, 9.17) is 9.73 Å². The number of aromatic nitrogens is 3. The van der Waals surface area contributed by atoms with Crippen LogP contribution in [-0.4, -0.2) is 25.9 Å². The highest BCUT2D eigenvalue weighted by atomic mass is 32.1. The van der Waals surface area contributed by atoms with Crippen molar-refractivity contribution in [2.75, 3.05) is 0 Å². The van der Waals surface area contributed by atoms with Crippen molar-refractivity contribution in [3.8, 4) is 5.75 Å². The molecule has 0 radical (unpaired) electrons. The quantitative estimate of drug-likeness (QED) is 0.650. The summed E-state index contributed by atoms with van der Waals surface area (Å²) in [7, 11) is 1.83. The van der Waals surface area contributed by atoms with Crippen molar-refractivity contribution in [3.63, 3.8) is 0 Å². The minimum atomic E-state index is -1.03. The van der Waals surface area contributed by atoms with Gasteiger partial charge in [-0.15, -0.1) is 0 Å². The molecule has 28 heavy (non-hydrogen) atoms. The largest absolute Gasteiger partial charge is 0.465 e. The van der Waals surface area contributed by atoms with Gasteiger partial charge in [-0.05, 0) is 26.0 Å². The lowest BCUT2D eigenvalue weighted by molar-refractivity contribution is -0.132. The molecule has 7 nitrogen and oxygen atoms in total. The number of ether oxygens (including phenoxy) is 1. The van der Waals surface area contributed by atoms with Crippen LogP contribution < -0.4 is 19.6 Å². The van der Waals surface area contributed by atoms with Gasteiger partial charge in [0.2, 0.25) is 5.72 Å². The highest BCUT2D eigenvalue weighted by molar-refractivity contribution is 7.07. The van der Waals surface area contributed by atoms with E-state index in [0.29, 0.717) is 15.1 Å². The van der Waals surface area contributed by atoms with Crippen molar-refractivity contribution in [1.29, 1.82) is 0 Å². The van der Waals surface area contributed by atoms with Gasteiger partial charge in [-0.3, -0.25) is 18.8 Å². The van der Waals surface area contributed by atoms with Gasteiger partial charge >= 0.3 is 0 Å². The number of hydrogen-bond donors (Lipinski definition) is 0. The van der Waals surface area contributed by atoms with Crippen LogP contribution in [-0.2, 0) is 11.8 Å². The molecule has 2 bridgehead atoms. The first-order valence-corrected chi connectivity index (χ1v) is 9.79. The van der Waals surface area contributed by atoms with Gasteiger partial charge in [0.1, 0.15) is 17.5 Å². The minimum absolute atomic E-state index is 0.0488. The van der Waals surface area contributed by atoms with E-state index in [1.54, 1.807) is 15.4 Å². The van der Waals surface area contributed by atoms with Crippen molar-refractivity contribution >= 4 is 23.2 Å². The molecule has 4 heterocycles. The maximum Gasteiger partial charge on any atom is 0.270 e. The Labute approximate surface area is 164 Å². The molecule has 2 aliphatic heterocycles. The third-order valence-electron chi connectivity index (χ3n) is 5.34. The second kappa shape index (κ2) is 5.75. The topological polar surface area (TPSA) is 78.5 Å². The lowest BCUT2D eigenvalue weighted by Gasteiger charge is -2.45. The third kappa shape index (κ3) is 2.34. The van der Waals surface area contributed by atoms with E-state index in [1.807, 2.05) is 50.5 Å². The zero-order valence-electron chi connectivity index (χ0n) is 15.6. The Kier molecular flexibility index (Phi) is 3.51. The molecule has 0 unspecified atom stereocenters. The van der Waals surface area contributed by atoms with E-state index in [9.17, 15) is 9.59 Å². The molecule has 1 aromatic carbocycles. The van der Waals surface area contributed by atoms with Gasteiger partial charge < -0.3 is 4.74 Å². The van der Waals surface area contributed by atoms with Crippen LogP contribution in [0, 0.1) is 5.92 Å². The molecule has 142 valence electrons. The molecule has 0 saturated heterocycles. The molecule has 2 aromatic heterocycles. The number of nitrogens with zero attached hydrogens (tertiary/aromatic N) is 4. The number of aryl methyl sites for hydroxylation is 1. The molecule has 5 rings (SSSR count). The molecule has 8 heteroatoms. The highest BCUT2D eigenvalue weighted by Gasteiger charge is 2.53. The lowest BCUT2D eigenvalue weighted by Crippen LogP contribution is -2.58. The molecule has 3 aromatic rings. The Bertz CT molecular complexity index is 1300. The monoisotopic (exact) mass is 394 g/mol. The predicted molar refractivity (Wildman–Crippen MR) is 104 cm³/mol. The predicted octanol–water partition coefficient (Wildman–Crippen LogP) is 1.01. The van der Waals surface area contributed by atoms with Crippen LogP contribution in [0.4, 0.5) is 0 Å².